The van der Waals surface area contributed by atoms with Crippen LogP contribution in [0.15, 0.2) is 41.8 Å². The summed E-state index contributed by atoms with van der Waals surface area (Å²) in [6.45, 7) is 6.40. The smallest absolute Gasteiger partial charge is 0.268 e. The van der Waals surface area contributed by atoms with Gasteiger partial charge in [-0.1, -0.05) is 6.92 Å². The first-order valence-corrected chi connectivity index (χ1v) is 10.4. The predicted octanol–water partition coefficient (Wildman–Crippen LogP) is 2.50. The summed E-state index contributed by atoms with van der Waals surface area (Å²) in [5, 5.41) is 0.251. The highest BCUT2D eigenvalue weighted by Gasteiger charge is 2.28. The van der Waals surface area contributed by atoms with Crippen molar-refractivity contribution in [2.75, 3.05) is 37.6 Å². The summed E-state index contributed by atoms with van der Waals surface area (Å²) in [6.07, 6.45) is 7.97. The summed E-state index contributed by atoms with van der Waals surface area (Å²) >= 11 is 0. The van der Waals surface area contributed by atoms with Gasteiger partial charge in [0.1, 0.15) is 17.7 Å². The molecule has 1 saturated heterocycles. The number of halogens is 1. The Morgan fingerprint density at radius 1 is 1.20 bits per heavy atom. The second kappa shape index (κ2) is 7.36. The van der Waals surface area contributed by atoms with Crippen molar-refractivity contribution >= 4 is 22.5 Å². The number of carbonyl (C=O) groups is 1. The first-order chi connectivity index (χ1) is 14.6. The normalized spacial score (nSPS) is 17.6. The highest BCUT2D eigenvalue weighted by atomic mass is 19.1. The molecule has 0 radical (unpaired) electrons. The van der Waals surface area contributed by atoms with Crippen molar-refractivity contribution in [2.45, 2.75) is 25.8 Å². The fourth-order valence-corrected chi connectivity index (χ4v) is 4.23. The van der Waals surface area contributed by atoms with E-state index in [1.165, 1.54) is 29.4 Å². The van der Waals surface area contributed by atoms with Crippen molar-refractivity contribution in [2.24, 2.45) is 0 Å². The first-order valence-electron chi connectivity index (χ1n) is 10.4. The summed E-state index contributed by atoms with van der Waals surface area (Å²) in [5.74, 6) is -0.868. The number of nitrogens with zero attached hydrogens (tertiary/aromatic N) is 5. The number of pyridine rings is 1. The Labute approximate surface area is 173 Å². The summed E-state index contributed by atoms with van der Waals surface area (Å²) < 4.78 is 18.4. The first kappa shape index (κ1) is 19.0. The molecule has 0 bridgehead atoms. The Morgan fingerprint density at radius 3 is 2.60 bits per heavy atom. The highest BCUT2D eigenvalue weighted by molar-refractivity contribution is 5.99. The number of imidazole rings is 1. The lowest BCUT2D eigenvalue weighted by Gasteiger charge is -2.35. The van der Waals surface area contributed by atoms with E-state index in [0.717, 1.165) is 45.6 Å². The van der Waals surface area contributed by atoms with Gasteiger partial charge in [0.05, 0.1) is 11.2 Å². The van der Waals surface area contributed by atoms with E-state index in [9.17, 15) is 9.59 Å². The molecule has 1 aromatic carbocycles. The van der Waals surface area contributed by atoms with E-state index in [0.29, 0.717) is 11.2 Å². The molecule has 0 N–H and O–H groups in total. The predicted molar refractivity (Wildman–Crippen MR) is 113 cm³/mol. The molecule has 0 atom stereocenters. The molecular formula is C22H24FN5O2. The molecule has 1 aliphatic heterocycles. The molecule has 8 heteroatoms. The van der Waals surface area contributed by atoms with Crippen LogP contribution in [0.3, 0.4) is 0 Å². The van der Waals surface area contributed by atoms with Gasteiger partial charge in [-0.2, -0.15) is 0 Å². The largest absolute Gasteiger partial charge is 0.367 e. The lowest BCUT2D eigenvalue weighted by molar-refractivity contribution is 0.0958. The van der Waals surface area contributed by atoms with E-state index < -0.39 is 17.2 Å². The van der Waals surface area contributed by atoms with Gasteiger partial charge in [0.25, 0.3) is 5.91 Å². The van der Waals surface area contributed by atoms with Gasteiger partial charge in [-0.15, -0.1) is 0 Å². The van der Waals surface area contributed by atoms with Crippen LogP contribution in [0.2, 0.25) is 0 Å². The lowest BCUT2D eigenvalue weighted by Crippen LogP contribution is -2.46. The maximum atomic E-state index is 15.1. The molecule has 1 saturated carbocycles. The zero-order valence-corrected chi connectivity index (χ0v) is 16.9. The zero-order valence-electron chi connectivity index (χ0n) is 16.9. The van der Waals surface area contributed by atoms with E-state index in [1.807, 2.05) is 9.47 Å². The van der Waals surface area contributed by atoms with Gasteiger partial charge in [0.15, 0.2) is 0 Å². The van der Waals surface area contributed by atoms with Crippen molar-refractivity contribution in [3.63, 3.8) is 0 Å². The van der Waals surface area contributed by atoms with E-state index in [-0.39, 0.29) is 17.0 Å². The molecule has 2 aliphatic rings. The van der Waals surface area contributed by atoms with Gasteiger partial charge in [0.2, 0.25) is 5.43 Å². The SMILES string of the molecule is CCN1CCN(c2cc3c(cc2F)c(=O)c(C(=O)n2ccnc2)cn3C2CC2)CC1. The van der Waals surface area contributed by atoms with E-state index in [4.69, 9.17) is 0 Å². The molecular weight excluding hydrogens is 385 g/mol. The van der Waals surface area contributed by atoms with Gasteiger partial charge >= 0.3 is 0 Å². The van der Waals surface area contributed by atoms with Crippen molar-refractivity contribution in [3.05, 3.63) is 58.7 Å². The number of likely N-dealkylation sites (N-methyl/N-ethyl adjacent to an activating group) is 1. The number of hydrogen-bond donors (Lipinski definition) is 0. The van der Waals surface area contributed by atoms with Gasteiger partial charge in [0, 0.05) is 56.2 Å². The molecule has 2 aromatic heterocycles. The van der Waals surface area contributed by atoms with Gasteiger partial charge in [-0.25, -0.2) is 9.37 Å². The van der Waals surface area contributed by atoms with Crippen molar-refractivity contribution in [1.29, 1.82) is 0 Å². The van der Waals surface area contributed by atoms with Crippen LogP contribution >= 0.6 is 0 Å². The Hall–Kier alpha value is -3.00. The van der Waals surface area contributed by atoms with E-state index in [1.54, 1.807) is 12.3 Å². The molecule has 0 unspecified atom stereocenters. The second-order valence-electron chi connectivity index (χ2n) is 8.03. The van der Waals surface area contributed by atoms with Crippen molar-refractivity contribution in [1.82, 2.24) is 19.0 Å². The van der Waals surface area contributed by atoms with Gasteiger partial charge in [-0.3, -0.25) is 14.2 Å². The summed E-state index contributed by atoms with van der Waals surface area (Å²) in [6, 6.07) is 3.33. The van der Waals surface area contributed by atoms with E-state index in [2.05, 4.69) is 16.8 Å². The monoisotopic (exact) mass is 409 g/mol. The molecule has 7 nitrogen and oxygen atoms in total. The van der Waals surface area contributed by atoms with Crippen LogP contribution in [-0.4, -0.2) is 57.6 Å². The Bertz CT molecular complexity index is 1160. The number of aromatic nitrogens is 3. The van der Waals surface area contributed by atoms with Crippen LogP contribution in [0, 0.1) is 5.82 Å². The number of hydrogen-bond acceptors (Lipinski definition) is 5. The van der Waals surface area contributed by atoms with Crippen LogP contribution in [-0.2, 0) is 0 Å². The molecule has 5 rings (SSSR count). The van der Waals surface area contributed by atoms with Crippen LogP contribution in [0.25, 0.3) is 10.9 Å². The summed E-state index contributed by atoms with van der Waals surface area (Å²) in [5.41, 5.74) is 0.817. The van der Waals surface area contributed by atoms with Crippen LogP contribution < -0.4 is 10.3 Å². The van der Waals surface area contributed by atoms with Crippen molar-refractivity contribution in [3.8, 4) is 0 Å². The molecule has 2 fully saturated rings. The molecule has 0 amide bonds. The average Bonchev–Trinajstić information content (AvgIpc) is 3.46. The number of fused-ring (bicyclic) bond motifs is 1. The van der Waals surface area contributed by atoms with Crippen LogP contribution in [0.4, 0.5) is 10.1 Å². The molecule has 3 aromatic rings. The molecule has 30 heavy (non-hydrogen) atoms. The van der Waals surface area contributed by atoms with Crippen molar-refractivity contribution < 1.29 is 9.18 Å². The Kier molecular flexibility index (Phi) is 4.66. The number of piperazine rings is 1. The third kappa shape index (κ3) is 3.21. The minimum Gasteiger partial charge on any atom is -0.367 e. The molecule has 3 heterocycles. The molecule has 1 aliphatic carbocycles. The number of benzene rings is 1. The van der Waals surface area contributed by atoms with Gasteiger partial charge < -0.3 is 14.4 Å². The fourth-order valence-electron chi connectivity index (χ4n) is 4.23. The van der Waals surface area contributed by atoms with E-state index >= 15 is 4.39 Å². The second-order valence-corrected chi connectivity index (χ2v) is 8.03. The van der Waals surface area contributed by atoms with Crippen LogP contribution in [0.5, 0.6) is 0 Å². The highest BCUT2D eigenvalue weighted by Crippen LogP contribution is 2.38. The lowest BCUT2D eigenvalue weighted by atomic mass is 10.1. The Morgan fingerprint density at radius 2 is 1.97 bits per heavy atom. The number of carbonyl (C=O) groups excluding carboxylic acids is 1. The minimum atomic E-state index is -0.450. The quantitative estimate of drug-likeness (QED) is 0.663. The maximum Gasteiger partial charge on any atom is 0.268 e. The topological polar surface area (TPSA) is 63.4 Å². The summed E-state index contributed by atoms with van der Waals surface area (Å²) in [7, 11) is 0. The summed E-state index contributed by atoms with van der Waals surface area (Å²) in [4.78, 5) is 34.2. The zero-order chi connectivity index (χ0) is 20.8. The standard InChI is InChI=1S/C22H24FN5O2/c1-2-25-7-9-26(10-8-25)20-12-19-16(11-18(20)23)21(29)17(13-28(19)15-3-4-15)22(30)27-6-5-24-14-27/h5-6,11-15H,2-4,7-10H2,1H3. The molecule has 0 spiro atoms. The van der Waals surface area contributed by atoms with Crippen LogP contribution in [0.1, 0.15) is 36.2 Å². The maximum absolute atomic E-state index is 15.1. The minimum absolute atomic E-state index is 0.0381. The third-order valence-corrected chi connectivity index (χ3v) is 6.17. The number of anilines is 1. The third-order valence-electron chi connectivity index (χ3n) is 6.17. The van der Waals surface area contributed by atoms with Gasteiger partial charge in [-0.05, 0) is 31.5 Å². The fraction of sp³-hybridized carbons (Fsp3) is 0.409. The number of rotatable bonds is 4. The Balaban J connectivity index is 1.62. The average molecular weight is 409 g/mol. The molecule has 156 valence electrons.